The van der Waals surface area contributed by atoms with Crippen LogP contribution in [0.2, 0.25) is 5.02 Å². The van der Waals surface area contributed by atoms with Gasteiger partial charge in [-0.3, -0.25) is 14.3 Å². The number of para-hydroxylation sites is 1. The molecule has 0 saturated carbocycles. The van der Waals surface area contributed by atoms with Crippen LogP contribution in [0, 0.1) is 0 Å². The number of rotatable bonds is 8. The number of benzene rings is 2. The molecule has 0 radical (unpaired) electrons. The minimum atomic E-state index is -0.0278. The standard InChI is InChI=1S/C24H24ClN5O3S/c25-19-8-3-1-6-17(19)22-27-21(28-33-22)16-34-24-26-20-9-4-2-7-18(20)23(31)30(24)11-5-10-29-12-14-32-15-13-29/h1-4,6-9H,5,10-16H2. The highest BCUT2D eigenvalue weighted by atomic mass is 35.5. The molecular weight excluding hydrogens is 474 g/mol. The lowest BCUT2D eigenvalue weighted by Gasteiger charge is -2.26. The summed E-state index contributed by atoms with van der Waals surface area (Å²) in [6.07, 6.45) is 0.854. The maximum atomic E-state index is 13.3. The van der Waals surface area contributed by atoms with Gasteiger partial charge in [-0.1, -0.05) is 52.8 Å². The van der Waals surface area contributed by atoms with Crippen LogP contribution in [0.5, 0.6) is 0 Å². The van der Waals surface area contributed by atoms with Crippen molar-refractivity contribution in [1.82, 2.24) is 24.6 Å². The van der Waals surface area contributed by atoms with Gasteiger partial charge in [-0.25, -0.2) is 4.98 Å². The second-order valence-corrected chi connectivity index (χ2v) is 9.31. The van der Waals surface area contributed by atoms with Crippen molar-refractivity contribution >= 4 is 34.3 Å². The van der Waals surface area contributed by atoms with Crippen LogP contribution < -0.4 is 5.56 Å². The number of morpholine rings is 1. The Labute approximate surface area is 205 Å². The van der Waals surface area contributed by atoms with E-state index in [1.807, 2.05) is 42.5 Å². The van der Waals surface area contributed by atoms with Crippen molar-refractivity contribution < 1.29 is 9.26 Å². The van der Waals surface area contributed by atoms with Crippen molar-refractivity contribution in [3.63, 3.8) is 0 Å². The maximum absolute atomic E-state index is 13.3. The van der Waals surface area contributed by atoms with Crippen LogP contribution in [0.3, 0.4) is 0 Å². The van der Waals surface area contributed by atoms with Crippen LogP contribution in [0.1, 0.15) is 12.2 Å². The Morgan fingerprint density at radius 2 is 1.79 bits per heavy atom. The number of ether oxygens (including phenoxy) is 1. The summed E-state index contributed by atoms with van der Waals surface area (Å²) in [7, 11) is 0. The first-order valence-electron chi connectivity index (χ1n) is 11.2. The molecule has 0 amide bonds. The molecule has 8 nitrogen and oxygen atoms in total. The van der Waals surface area contributed by atoms with Gasteiger partial charge in [0.1, 0.15) is 0 Å². The van der Waals surface area contributed by atoms with E-state index < -0.39 is 0 Å². The van der Waals surface area contributed by atoms with Crippen LogP contribution in [0.25, 0.3) is 22.4 Å². The molecule has 2 aromatic heterocycles. The van der Waals surface area contributed by atoms with Crippen molar-refractivity contribution in [2.45, 2.75) is 23.9 Å². The van der Waals surface area contributed by atoms with Gasteiger partial charge in [0, 0.05) is 26.2 Å². The molecule has 2 aromatic carbocycles. The maximum Gasteiger partial charge on any atom is 0.262 e. The van der Waals surface area contributed by atoms with Crippen molar-refractivity contribution in [3.05, 3.63) is 69.7 Å². The quantitative estimate of drug-likeness (QED) is 0.265. The number of thioether (sulfide) groups is 1. The number of hydrogen-bond acceptors (Lipinski definition) is 8. The summed E-state index contributed by atoms with van der Waals surface area (Å²) < 4.78 is 12.6. The molecule has 0 N–H and O–H groups in total. The van der Waals surface area contributed by atoms with Crippen LogP contribution in [-0.2, 0) is 17.0 Å². The Morgan fingerprint density at radius 3 is 2.65 bits per heavy atom. The molecule has 1 saturated heterocycles. The monoisotopic (exact) mass is 497 g/mol. The van der Waals surface area contributed by atoms with Gasteiger partial charge in [0.2, 0.25) is 0 Å². The summed E-state index contributed by atoms with van der Waals surface area (Å²) in [5, 5.41) is 5.91. The lowest BCUT2D eigenvalue weighted by atomic mass is 10.2. The van der Waals surface area contributed by atoms with Gasteiger partial charge in [-0.05, 0) is 30.7 Å². The van der Waals surface area contributed by atoms with E-state index >= 15 is 0 Å². The largest absolute Gasteiger partial charge is 0.379 e. The first kappa shape index (κ1) is 23.0. The summed E-state index contributed by atoms with van der Waals surface area (Å²) in [6, 6.07) is 14.8. The minimum absolute atomic E-state index is 0.0278. The van der Waals surface area contributed by atoms with Crippen LogP contribution in [0.4, 0.5) is 0 Å². The smallest absolute Gasteiger partial charge is 0.262 e. The number of halogens is 1. The molecule has 1 fully saturated rings. The molecule has 10 heteroatoms. The van der Waals surface area contributed by atoms with Crippen molar-refractivity contribution in [3.8, 4) is 11.5 Å². The van der Waals surface area contributed by atoms with E-state index in [4.69, 9.17) is 25.8 Å². The average Bonchev–Trinajstić information content (AvgIpc) is 3.34. The van der Waals surface area contributed by atoms with E-state index in [1.165, 1.54) is 11.8 Å². The van der Waals surface area contributed by atoms with Crippen molar-refractivity contribution in [2.75, 3.05) is 32.8 Å². The molecule has 0 aliphatic carbocycles. The zero-order valence-electron chi connectivity index (χ0n) is 18.5. The predicted octanol–water partition coefficient (Wildman–Crippen LogP) is 4.11. The minimum Gasteiger partial charge on any atom is -0.379 e. The lowest BCUT2D eigenvalue weighted by Crippen LogP contribution is -2.37. The Morgan fingerprint density at radius 1 is 1.00 bits per heavy atom. The third-order valence-electron chi connectivity index (χ3n) is 5.69. The molecule has 176 valence electrons. The number of nitrogens with zero attached hydrogens (tertiary/aromatic N) is 5. The van der Waals surface area contributed by atoms with Gasteiger partial charge >= 0.3 is 0 Å². The first-order valence-corrected chi connectivity index (χ1v) is 12.6. The van der Waals surface area contributed by atoms with Gasteiger partial charge in [-0.15, -0.1) is 0 Å². The summed E-state index contributed by atoms with van der Waals surface area (Å²) in [4.78, 5) is 24.9. The second-order valence-electron chi connectivity index (χ2n) is 7.96. The molecule has 0 unspecified atom stereocenters. The zero-order chi connectivity index (χ0) is 23.3. The van der Waals surface area contributed by atoms with Gasteiger partial charge in [0.25, 0.3) is 11.4 Å². The summed E-state index contributed by atoms with van der Waals surface area (Å²) in [5.41, 5.74) is 1.35. The first-order chi connectivity index (χ1) is 16.7. The van der Waals surface area contributed by atoms with Crippen molar-refractivity contribution in [2.24, 2.45) is 0 Å². The molecule has 0 spiro atoms. The van der Waals surface area contributed by atoms with Gasteiger partial charge in [0.15, 0.2) is 11.0 Å². The summed E-state index contributed by atoms with van der Waals surface area (Å²) in [5.74, 6) is 1.31. The fourth-order valence-electron chi connectivity index (χ4n) is 3.92. The van der Waals surface area contributed by atoms with E-state index in [0.717, 1.165) is 39.3 Å². The molecule has 4 aromatic rings. The molecule has 1 aliphatic rings. The second kappa shape index (κ2) is 10.7. The number of aromatic nitrogens is 4. The normalized spacial score (nSPS) is 14.6. The highest BCUT2D eigenvalue weighted by molar-refractivity contribution is 7.98. The zero-order valence-corrected chi connectivity index (χ0v) is 20.1. The fraction of sp³-hybridized carbons (Fsp3) is 0.333. The Bertz CT molecular complexity index is 1340. The van der Waals surface area contributed by atoms with Crippen molar-refractivity contribution in [1.29, 1.82) is 0 Å². The Balaban J connectivity index is 1.35. The predicted molar refractivity (Wildman–Crippen MR) is 132 cm³/mol. The summed E-state index contributed by atoms with van der Waals surface area (Å²) in [6.45, 7) is 4.89. The Kier molecular flexibility index (Phi) is 7.24. The topological polar surface area (TPSA) is 86.3 Å². The van der Waals surface area contributed by atoms with E-state index in [1.54, 1.807) is 10.6 Å². The van der Waals surface area contributed by atoms with E-state index in [0.29, 0.717) is 50.7 Å². The summed E-state index contributed by atoms with van der Waals surface area (Å²) >= 11 is 7.68. The van der Waals surface area contributed by atoms with Gasteiger partial charge < -0.3 is 9.26 Å². The third-order valence-corrected chi connectivity index (χ3v) is 6.99. The third kappa shape index (κ3) is 5.17. The van der Waals surface area contributed by atoms with E-state index in [-0.39, 0.29) is 5.56 Å². The highest BCUT2D eigenvalue weighted by Gasteiger charge is 2.16. The molecule has 5 rings (SSSR count). The SMILES string of the molecule is O=c1c2ccccc2nc(SCc2noc(-c3ccccc3Cl)n2)n1CCCN1CCOCC1. The lowest BCUT2D eigenvalue weighted by molar-refractivity contribution is 0.0368. The molecule has 34 heavy (non-hydrogen) atoms. The van der Waals surface area contributed by atoms with E-state index in [9.17, 15) is 4.79 Å². The number of fused-ring (bicyclic) bond motifs is 1. The Hall–Kier alpha value is -2.72. The van der Waals surface area contributed by atoms with Gasteiger partial charge in [0.05, 0.1) is 40.5 Å². The molecule has 0 bridgehead atoms. The van der Waals surface area contributed by atoms with Crippen LogP contribution in [0.15, 0.2) is 63.0 Å². The van der Waals surface area contributed by atoms with Crippen LogP contribution in [-0.4, -0.2) is 57.4 Å². The molecule has 1 aliphatic heterocycles. The molecule has 0 atom stereocenters. The highest BCUT2D eigenvalue weighted by Crippen LogP contribution is 2.27. The average molecular weight is 498 g/mol. The van der Waals surface area contributed by atoms with Gasteiger partial charge in [-0.2, -0.15) is 4.98 Å². The molecular formula is C24H24ClN5O3S. The number of hydrogen-bond donors (Lipinski definition) is 0. The van der Waals surface area contributed by atoms with E-state index in [2.05, 4.69) is 15.0 Å². The van der Waals surface area contributed by atoms with Crippen LogP contribution >= 0.6 is 23.4 Å². The fourth-order valence-corrected chi connectivity index (χ4v) is 5.00. The molecule has 3 heterocycles.